The average molecular weight is 347 g/mol. The van der Waals surface area contributed by atoms with Crippen LogP contribution >= 0.6 is 0 Å². The quantitative estimate of drug-likeness (QED) is 0.778. The number of hydrogen-bond donors (Lipinski definition) is 1. The van der Waals surface area contributed by atoms with E-state index in [0.717, 1.165) is 51.3 Å². The monoisotopic (exact) mass is 347 g/mol. The molecule has 1 aliphatic rings. The Labute approximate surface area is 150 Å². The molecule has 0 unspecified atom stereocenters. The topological polar surface area (TPSA) is 61.9 Å². The van der Waals surface area contributed by atoms with E-state index < -0.39 is 0 Å². The van der Waals surface area contributed by atoms with Crippen LogP contribution in [-0.2, 0) is 4.79 Å². The Balaban J connectivity index is 1.65. The van der Waals surface area contributed by atoms with Gasteiger partial charge in [0, 0.05) is 51.3 Å². The summed E-state index contributed by atoms with van der Waals surface area (Å²) < 4.78 is 5.09. The predicted molar refractivity (Wildman–Crippen MR) is 97.9 cm³/mol. The summed E-state index contributed by atoms with van der Waals surface area (Å²) in [5, 5.41) is 2.94. The molecule has 0 aliphatic carbocycles. The molecule has 6 heteroatoms. The Morgan fingerprint density at radius 2 is 1.80 bits per heavy atom. The van der Waals surface area contributed by atoms with Crippen molar-refractivity contribution in [3.05, 3.63) is 29.8 Å². The second-order valence-corrected chi connectivity index (χ2v) is 6.31. The molecule has 1 N–H and O–H groups in total. The summed E-state index contributed by atoms with van der Waals surface area (Å²) in [6, 6.07) is 7.08. The molecule has 1 heterocycles. The molecule has 1 aromatic rings. The van der Waals surface area contributed by atoms with Crippen molar-refractivity contribution < 1.29 is 14.3 Å². The molecule has 2 amide bonds. The highest BCUT2D eigenvalue weighted by Crippen LogP contribution is 2.11. The fourth-order valence-corrected chi connectivity index (χ4v) is 2.88. The number of unbranched alkanes of at least 4 members (excludes halogenated alkanes) is 1. The molecule has 1 saturated heterocycles. The van der Waals surface area contributed by atoms with Gasteiger partial charge in [0.25, 0.3) is 5.91 Å². The van der Waals surface area contributed by atoms with Crippen LogP contribution in [0, 0.1) is 0 Å². The van der Waals surface area contributed by atoms with Crippen LogP contribution in [0.2, 0.25) is 0 Å². The largest absolute Gasteiger partial charge is 0.497 e. The number of ether oxygens (including phenoxy) is 1. The number of piperazine rings is 1. The second-order valence-electron chi connectivity index (χ2n) is 6.31. The fraction of sp³-hybridized carbons (Fsp3) is 0.579. The van der Waals surface area contributed by atoms with Crippen LogP contribution < -0.4 is 10.1 Å². The zero-order valence-electron chi connectivity index (χ0n) is 15.3. The molecule has 0 spiro atoms. The van der Waals surface area contributed by atoms with Gasteiger partial charge in [-0.25, -0.2) is 0 Å². The highest BCUT2D eigenvalue weighted by molar-refractivity contribution is 5.94. The zero-order chi connectivity index (χ0) is 18.1. The van der Waals surface area contributed by atoms with Gasteiger partial charge >= 0.3 is 0 Å². The first kappa shape index (κ1) is 19.2. The normalized spacial score (nSPS) is 15.0. The third-order valence-corrected chi connectivity index (χ3v) is 4.53. The van der Waals surface area contributed by atoms with Gasteiger partial charge in [0.1, 0.15) is 5.75 Å². The van der Waals surface area contributed by atoms with Crippen molar-refractivity contribution in [3.63, 3.8) is 0 Å². The number of nitrogens with zero attached hydrogens (tertiary/aromatic N) is 2. The lowest BCUT2D eigenvalue weighted by Gasteiger charge is -2.34. The van der Waals surface area contributed by atoms with E-state index in [-0.39, 0.29) is 11.8 Å². The van der Waals surface area contributed by atoms with E-state index in [4.69, 9.17) is 4.74 Å². The Morgan fingerprint density at radius 3 is 2.40 bits per heavy atom. The summed E-state index contributed by atoms with van der Waals surface area (Å²) in [6.45, 7) is 6.83. The molecule has 0 saturated carbocycles. The average Bonchev–Trinajstić information content (AvgIpc) is 2.66. The van der Waals surface area contributed by atoms with Crippen LogP contribution in [0.3, 0.4) is 0 Å². The van der Waals surface area contributed by atoms with Crippen LogP contribution in [0.1, 0.15) is 36.5 Å². The van der Waals surface area contributed by atoms with Gasteiger partial charge in [-0.1, -0.05) is 13.3 Å². The van der Waals surface area contributed by atoms with Crippen molar-refractivity contribution in [2.75, 3.05) is 46.4 Å². The van der Waals surface area contributed by atoms with E-state index in [2.05, 4.69) is 17.1 Å². The van der Waals surface area contributed by atoms with Crippen LogP contribution in [0.25, 0.3) is 0 Å². The first-order chi connectivity index (χ1) is 12.1. The summed E-state index contributed by atoms with van der Waals surface area (Å²) in [5.74, 6) is 0.938. The van der Waals surface area contributed by atoms with Crippen molar-refractivity contribution in [3.8, 4) is 5.75 Å². The molecule has 0 aromatic heterocycles. The highest BCUT2D eigenvalue weighted by Gasteiger charge is 2.20. The second kappa shape index (κ2) is 10.0. The van der Waals surface area contributed by atoms with Crippen LogP contribution in [0.15, 0.2) is 24.3 Å². The molecule has 0 atom stereocenters. The smallest absolute Gasteiger partial charge is 0.251 e. The molecular formula is C19H29N3O3. The van der Waals surface area contributed by atoms with Gasteiger partial charge in [-0.2, -0.15) is 0 Å². The van der Waals surface area contributed by atoms with E-state index in [1.165, 1.54) is 0 Å². The summed E-state index contributed by atoms with van der Waals surface area (Å²) >= 11 is 0. The van der Waals surface area contributed by atoms with Crippen molar-refractivity contribution in [2.24, 2.45) is 0 Å². The minimum absolute atomic E-state index is 0.0731. The number of carbonyl (C=O) groups excluding carboxylic acids is 2. The SMILES string of the molecule is CCCCC(=O)N1CCN(CCNC(=O)c2ccc(OC)cc2)CC1. The molecule has 25 heavy (non-hydrogen) atoms. The van der Waals surface area contributed by atoms with Crippen molar-refractivity contribution in [1.82, 2.24) is 15.1 Å². The van der Waals surface area contributed by atoms with E-state index in [9.17, 15) is 9.59 Å². The van der Waals surface area contributed by atoms with Crippen LogP contribution in [-0.4, -0.2) is 68.0 Å². The maximum absolute atomic E-state index is 12.1. The van der Waals surface area contributed by atoms with Crippen LogP contribution in [0.5, 0.6) is 5.75 Å². The van der Waals surface area contributed by atoms with E-state index >= 15 is 0 Å². The van der Waals surface area contributed by atoms with E-state index in [0.29, 0.717) is 18.5 Å². The molecule has 0 radical (unpaired) electrons. The van der Waals surface area contributed by atoms with Gasteiger partial charge < -0.3 is 15.0 Å². The summed E-state index contributed by atoms with van der Waals surface area (Å²) in [7, 11) is 1.60. The maximum atomic E-state index is 12.1. The number of methoxy groups -OCH3 is 1. The number of nitrogens with one attached hydrogen (secondary N) is 1. The highest BCUT2D eigenvalue weighted by atomic mass is 16.5. The molecule has 0 bridgehead atoms. The lowest BCUT2D eigenvalue weighted by atomic mass is 10.2. The Bertz CT molecular complexity index is 552. The first-order valence-corrected chi connectivity index (χ1v) is 9.06. The number of carbonyl (C=O) groups is 2. The Hall–Kier alpha value is -2.08. The van der Waals surface area contributed by atoms with Gasteiger partial charge in [-0.3, -0.25) is 14.5 Å². The molecule has 6 nitrogen and oxygen atoms in total. The summed E-state index contributed by atoms with van der Waals surface area (Å²) in [5.41, 5.74) is 0.632. The minimum atomic E-state index is -0.0731. The van der Waals surface area contributed by atoms with Crippen molar-refractivity contribution >= 4 is 11.8 Å². The van der Waals surface area contributed by atoms with Crippen molar-refractivity contribution in [2.45, 2.75) is 26.2 Å². The van der Waals surface area contributed by atoms with Gasteiger partial charge in [-0.05, 0) is 30.7 Å². The summed E-state index contributed by atoms with van der Waals surface area (Å²) in [6.07, 6.45) is 2.68. The van der Waals surface area contributed by atoms with Gasteiger partial charge in [0.15, 0.2) is 0 Å². The molecule has 1 aliphatic heterocycles. The number of benzene rings is 1. The minimum Gasteiger partial charge on any atom is -0.497 e. The zero-order valence-corrected chi connectivity index (χ0v) is 15.3. The summed E-state index contributed by atoms with van der Waals surface area (Å²) in [4.78, 5) is 28.4. The number of hydrogen-bond acceptors (Lipinski definition) is 4. The standard InChI is InChI=1S/C19H29N3O3/c1-3-4-5-18(23)22-14-12-21(13-15-22)11-10-20-19(24)16-6-8-17(25-2)9-7-16/h6-9H,3-5,10-15H2,1-2H3,(H,20,24). The number of rotatable bonds is 8. The third-order valence-electron chi connectivity index (χ3n) is 4.53. The molecule has 138 valence electrons. The first-order valence-electron chi connectivity index (χ1n) is 9.06. The van der Waals surface area contributed by atoms with Crippen molar-refractivity contribution in [1.29, 1.82) is 0 Å². The lowest BCUT2D eigenvalue weighted by Crippen LogP contribution is -2.50. The Kier molecular flexibility index (Phi) is 7.73. The van der Waals surface area contributed by atoms with E-state index in [1.54, 1.807) is 31.4 Å². The molecule has 1 fully saturated rings. The maximum Gasteiger partial charge on any atom is 0.251 e. The third kappa shape index (κ3) is 6.05. The predicted octanol–water partition coefficient (Wildman–Crippen LogP) is 1.76. The Morgan fingerprint density at radius 1 is 1.12 bits per heavy atom. The molecule has 1 aromatic carbocycles. The van der Waals surface area contributed by atoms with Crippen LogP contribution in [0.4, 0.5) is 0 Å². The fourth-order valence-electron chi connectivity index (χ4n) is 2.88. The van der Waals surface area contributed by atoms with E-state index in [1.807, 2.05) is 4.90 Å². The lowest BCUT2D eigenvalue weighted by molar-refractivity contribution is -0.133. The number of amides is 2. The molecular weight excluding hydrogens is 318 g/mol. The molecule has 2 rings (SSSR count). The van der Waals surface area contributed by atoms with Gasteiger partial charge in [0.05, 0.1) is 7.11 Å². The van der Waals surface area contributed by atoms with Gasteiger partial charge in [0.2, 0.25) is 5.91 Å². The van der Waals surface area contributed by atoms with Gasteiger partial charge in [-0.15, -0.1) is 0 Å².